The lowest BCUT2D eigenvalue weighted by Crippen LogP contribution is -2.42. The van der Waals surface area contributed by atoms with E-state index in [4.69, 9.17) is 14.2 Å². The molecular formula is C23H23FN2O4. The Morgan fingerprint density at radius 2 is 2.00 bits per heavy atom. The number of pyridine rings is 1. The van der Waals surface area contributed by atoms with Gasteiger partial charge >= 0.3 is 0 Å². The molecule has 0 saturated carbocycles. The van der Waals surface area contributed by atoms with E-state index in [-0.39, 0.29) is 17.8 Å². The summed E-state index contributed by atoms with van der Waals surface area (Å²) in [6, 6.07) is 13.5. The summed E-state index contributed by atoms with van der Waals surface area (Å²) in [5, 5.41) is 1.62. The van der Waals surface area contributed by atoms with Crippen LogP contribution >= 0.6 is 0 Å². The molecule has 1 saturated heterocycles. The lowest BCUT2D eigenvalue weighted by molar-refractivity contribution is -0.0246. The molecule has 0 bridgehead atoms. The van der Waals surface area contributed by atoms with Crippen LogP contribution in [0, 0.1) is 5.82 Å². The molecule has 2 aromatic carbocycles. The maximum absolute atomic E-state index is 13.6. The van der Waals surface area contributed by atoms with Crippen LogP contribution in [0.1, 0.15) is 22.2 Å². The van der Waals surface area contributed by atoms with Crippen molar-refractivity contribution in [3.63, 3.8) is 0 Å². The molecular weight excluding hydrogens is 387 g/mol. The largest absolute Gasteiger partial charge is 0.491 e. The average Bonchev–Trinajstić information content (AvgIpc) is 2.79. The zero-order valence-electron chi connectivity index (χ0n) is 16.7. The maximum atomic E-state index is 13.6. The molecule has 7 heteroatoms. The number of fused-ring (bicyclic) bond motifs is 1. The van der Waals surface area contributed by atoms with Crippen molar-refractivity contribution in [3.05, 3.63) is 71.8 Å². The summed E-state index contributed by atoms with van der Waals surface area (Å²) < 4.78 is 29.9. The summed E-state index contributed by atoms with van der Waals surface area (Å²) in [6.45, 7) is 2.27. The van der Waals surface area contributed by atoms with E-state index in [9.17, 15) is 9.18 Å². The number of rotatable bonds is 6. The molecule has 156 valence electrons. The number of ether oxygens (including phenoxy) is 3. The fourth-order valence-electron chi connectivity index (χ4n) is 3.44. The van der Waals surface area contributed by atoms with Crippen LogP contribution in [0.5, 0.6) is 5.75 Å². The second-order valence-electron chi connectivity index (χ2n) is 7.08. The number of benzene rings is 2. The van der Waals surface area contributed by atoms with Crippen LogP contribution in [0.4, 0.5) is 4.39 Å². The Morgan fingerprint density at radius 1 is 1.17 bits per heavy atom. The molecule has 4 rings (SSSR count). The number of hydrogen-bond acceptors (Lipinski definition) is 5. The predicted octanol–water partition coefficient (Wildman–Crippen LogP) is 3.61. The molecule has 0 unspecified atom stereocenters. The Balaban J connectivity index is 1.45. The first kappa shape index (κ1) is 20.3. The van der Waals surface area contributed by atoms with Gasteiger partial charge in [0.05, 0.1) is 25.5 Å². The minimum atomic E-state index is -0.355. The summed E-state index contributed by atoms with van der Waals surface area (Å²) in [5.74, 6) is 0.324. The van der Waals surface area contributed by atoms with Crippen molar-refractivity contribution in [2.75, 3.05) is 40.0 Å². The summed E-state index contributed by atoms with van der Waals surface area (Å²) in [5.41, 5.74) is 1.27. The summed E-state index contributed by atoms with van der Waals surface area (Å²) in [7, 11) is 1.62. The Bertz CT molecular complexity index is 1030. The molecule has 1 atom stereocenters. The average molecular weight is 410 g/mol. The lowest BCUT2D eigenvalue weighted by Gasteiger charge is -2.32. The number of carbonyl (C=O) groups is 1. The van der Waals surface area contributed by atoms with Crippen molar-refractivity contribution in [2.45, 2.75) is 6.10 Å². The van der Waals surface area contributed by atoms with Crippen LogP contribution in [0.3, 0.4) is 0 Å². The van der Waals surface area contributed by atoms with E-state index in [0.29, 0.717) is 49.9 Å². The van der Waals surface area contributed by atoms with Gasteiger partial charge in [0.1, 0.15) is 24.3 Å². The first-order chi connectivity index (χ1) is 14.6. The number of carbonyl (C=O) groups excluding carboxylic acids is 1. The van der Waals surface area contributed by atoms with E-state index >= 15 is 0 Å². The third-order valence-corrected chi connectivity index (χ3v) is 5.05. The minimum Gasteiger partial charge on any atom is -0.491 e. The lowest BCUT2D eigenvalue weighted by atomic mass is 10.1. The Labute approximate surface area is 174 Å². The van der Waals surface area contributed by atoms with Gasteiger partial charge in [-0.15, -0.1) is 0 Å². The molecule has 0 N–H and O–H groups in total. The van der Waals surface area contributed by atoms with Crippen molar-refractivity contribution in [2.24, 2.45) is 0 Å². The normalized spacial score (nSPS) is 16.6. The Kier molecular flexibility index (Phi) is 6.21. The van der Waals surface area contributed by atoms with Gasteiger partial charge in [-0.3, -0.25) is 9.78 Å². The van der Waals surface area contributed by atoms with Crippen LogP contribution in [0.2, 0.25) is 0 Å². The highest BCUT2D eigenvalue weighted by Gasteiger charge is 2.27. The van der Waals surface area contributed by atoms with Crippen LogP contribution in [-0.2, 0) is 9.47 Å². The van der Waals surface area contributed by atoms with Crippen LogP contribution in [0.15, 0.2) is 54.7 Å². The number of aromatic nitrogens is 1. The van der Waals surface area contributed by atoms with Crippen LogP contribution in [0.25, 0.3) is 10.8 Å². The highest BCUT2D eigenvalue weighted by molar-refractivity contribution is 5.94. The highest BCUT2D eigenvalue weighted by Crippen LogP contribution is 2.25. The zero-order chi connectivity index (χ0) is 20.9. The molecule has 3 aromatic rings. The molecule has 30 heavy (non-hydrogen) atoms. The van der Waals surface area contributed by atoms with E-state index in [1.165, 1.54) is 12.1 Å². The minimum absolute atomic E-state index is 0.0708. The molecule has 1 amide bonds. The van der Waals surface area contributed by atoms with Crippen LogP contribution < -0.4 is 4.74 Å². The second-order valence-corrected chi connectivity index (χ2v) is 7.08. The second kappa shape index (κ2) is 9.19. The fraction of sp³-hybridized carbons (Fsp3) is 0.304. The van der Waals surface area contributed by atoms with Crippen molar-refractivity contribution >= 4 is 16.7 Å². The predicted molar refractivity (Wildman–Crippen MR) is 110 cm³/mol. The van der Waals surface area contributed by atoms with Gasteiger partial charge in [-0.05, 0) is 53.9 Å². The number of nitrogens with zero attached hydrogens (tertiary/aromatic N) is 2. The van der Waals surface area contributed by atoms with E-state index in [1.807, 2.05) is 6.07 Å². The van der Waals surface area contributed by atoms with E-state index < -0.39 is 0 Å². The monoisotopic (exact) mass is 410 g/mol. The maximum Gasteiger partial charge on any atom is 0.254 e. The number of amides is 1. The van der Waals surface area contributed by atoms with Crippen molar-refractivity contribution in [1.82, 2.24) is 9.88 Å². The van der Waals surface area contributed by atoms with Gasteiger partial charge in [0.25, 0.3) is 5.91 Å². The molecule has 0 aliphatic carbocycles. The molecule has 1 aliphatic heterocycles. The molecule has 0 radical (unpaired) electrons. The van der Waals surface area contributed by atoms with Crippen molar-refractivity contribution in [3.8, 4) is 5.75 Å². The summed E-state index contributed by atoms with van der Waals surface area (Å²) in [6.07, 6.45) is 1.35. The first-order valence-corrected chi connectivity index (χ1v) is 9.82. The molecule has 6 nitrogen and oxygen atoms in total. The quantitative estimate of drug-likeness (QED) is 0.581. The van der Waals surface area contributed by atoms with E-state index in [0.717, 1.165) is 10.8 Å². The summed E-state index contributed by atoms with van der Waals surface area (Å²) >= 11 is 0. The molecule has 0 spiro atoms. The topological polar surface area (TPSA) is 60.9 Å². The molecule has 1 aliphatic rings. The SMILES string of the molecule is COCCOc1ccc(C(=O)N2CCO[C@H](c3cc4cc(F)ccc4cn3)C2)cc1. The van der Waals surface area contributed by atoms with Crippen molar-refractivity contribution in [1.29, 1.82) is 0 Å². The zero-order valence-corrected chi connectivity index (χ0v) is 16.7. The molecule has 1 aromatic heterocycles. The number of halogens is 1. The van der Waals surface area contributed by atoms with Gasteiger partial charge in [-0.25, -0.2) is 4.39 Å². The van der Waals surface area contributed by atoms with E-state index in [2.05, 4.69) is 4.98 Å². The molecule has 2 heterocycles. The Morgan fingerprint density at radius 3 is 2.80 bits per heavy atom. The fourth-order valence-corrected chi connectivity index (χ4v) is 3.44. The van der Waals surface area contributed by atoms with Gasteiger partial charge in [0.15, 0.2) is 0 Å². The standard InChI is InChI=1S/C23H23FN2O4/c1-28-10-11-29-20-6-3-16(4-7-20)23(27)26-8-9-30-22(15-26)21-13-18-12-19(24)5-2-17(18)14-25-21/h2-7,12-14,22H,8-11,15H2,1H3/t22-/m0/s1. The Hall–Kier alpha value is -3.03. The third kappa shape index (κ3) is 4.58. The third-order valence-electron chi connectivity index (χ3n) is 5.05. The smallest absolute Gasteiger partial charge is 0.254 e. The first-order valence-electron chi connectivity index (χ1n) is 9.82. The van der Waals surface area contributed by atoms with Gasteiger partial charge < -0.3 is 19.1 Å². The van der Waals surface area contributed by atoms with Crippen molar-refractivity contribution < 1.29 is 23.4 Å². The van der Waals surface area contributed by atoms with Gasteiger partial charge in [0.2, 0.25) is 0 Å². The number of methoxy groups -OCH3 is 1. The van der Waals surface area contributed by atoms with Crippen LogP contribution in [-0.4, -0.2) is 55.8 Å². The van der Waals surface area contributed by atoms with Gasteiger partial charge in [-0.2, -0.15) is 0 Å². The van der Waals surface area contributed by atoms with Gasteiger partial charge in [0, 0.05) is 30.8 Å². The van der Waals surface area contributed by atoms with E-state index in [1.54, 1.807) is 48.5 Å². The molecule has 1 fully saturated rings. The summed E-state index contributed by atoms with van der Waals surface area (Å²) in [4.78, 5) is 19.2. The van der Waals surface area contributed by atoms with Gasteiger partial charge in [-0.1, -0.05) is 0 Å². The number of hydrogen-bond donors (Lipinski definition) is 0. The highest BCUT2D eigenvalue weighted by atomic mass is 19.1. The number of morpholine rings is 1.